The van der Waals surface area contributed by atoms with Gasteiger partial charge in [-0.15, -0.1) is 0 Å². The maximum Gasteiger partial charge on any atom is 0.330 e. The molecule has 0 saturated carbocycles. The van der Waals surface area contributed by atoms with Gasteiger partial charge in [-0.3, -0.25) is 0 Å². The molecule has 0 saturated heterocycles. The van der Waals surface area contributed by atoms with Gasteiger partial charge in [0.25, 0.3) is 0 Å². The number of phenols is 1. The number of phenolic OH excluding ortho intramolecular Hbond substituents is 1. The van der Waals surface area contributed by atoms with Gasteiger partial charge in [0.2, 0.25) is 5.75 Å². The number of allylic oxidation sites excluding steroid dienone is 1. The zero-order valence-electron chi connectivity index (χ0n) is 14.1. The van der Waals surface area contributed by atoms with Crippen LogP contribution in [0.15, 0.2) is 29.9 Å². The highest BCUT2D eigenvalue weighted by Crippen LogP contribution is 2.37. The number of hydrogen-bond acceptors (Lipinski definition) is 5. The average molecular weight is 320 g/mol. The predicted octanol–water partition coefficient (Wildman–Crippen LogP) is 3.71. The van der Waals surface area contributed by atoms with Gasteiger partial charge in [0.05, 0.1) is 20.8 Å². The molecule has 0 bridgehead atoms. The Labute approximate surface area is 137 Å². The van der Waals surface area contributed by atoms with E-state index in [1.807, 2.05) is 6.92 Å². The summed E-state index contributed by atoms with van der Waals surface area (Å²) < 4.78 is 15.2. The number of benzene rings is 1. The van der Waals surface area contributed by atoms with Gasteiger partial charge in [0, 0.05) is 6.08 Å². The van der Waals surface area contributed by atoms with Gasteiger partial charge >= 0.3 is 5.97 Å². The lowest BCUT2D eigenvalue weighted by Gasteiger charge is -2.09. The van der Waals surface area contributed by atoms with Crippen molar-refractivity contribution in [3.05, 3.63) is 35.4 Å². The molecule has 0 fully saturated rings. The van der Waals surface area contributed by atoms with E-state index in [0.717, 1.165) is 6.42 Å². The first kappa shape index (κ1) is 18.6. The van der Waals surface area contributed by atoms with E-state index in [-0.39, 0.29) is 17.2 Å². The molecule has 0 atom stereocenters. The second-order valence-electron chi connectivity index (χ2n) is 4.97. The van der Waals surface area contributed by atoms with Crippen LogP contribution in [0.3, 0.4) is 0 Å². The number of hydrogen-bond donors (Lipinski definition) is 1. The molecule has 0 unspecified atom stereocenters. The third-order valence-electron chi connectivity index (χ3n) is 3.33. The van der Waals surface area contributed by atoms with Crippen LogP contribution in [0.5, 0.6) is 17.2 Å². The van der Waals surface area contributed by atoms with Crippen molar-refractivity contribution in [3.8, 4) is 17.2 Å². The molecule has 0 aliphatic heterocycles. The highest BCUT2D eigenvalue weighted by atomic mass is 16.5. The van der Waals surface area contributed by atoms with Crippen LogP contribution in [0.2, 0.25) is 0 Å². The van der Waals surface area contributed by atoms with E-state index in [1.54, 1.807) is 18.2 Å². The molecule has 0 heterocycles. The topological polar surface area (TPSA) is 65.0 Å². The van der Waals surface area contributed by atoms with Crippen molar-refractivity contribution in [1.29, 1.82) is 0 Å². The van der Waals surface area contributed by atoms with E-state index in [2.05, 4.69) is 13.0 Å². The van der Waals surface area contributed by atoms with Crippen LogP contribution in [0, 0.1) is 0 Å². The first-order valence-electron chi connectivity index (χ1n) is 7.47. The second-order valence-corrected chi connectivity index (χ2v) is 4.97. The predicted molar refractivity (Wildman–Crippen MR) is 89.9 cm³/mol. The minimum Gasteiger partial charge on any atom is -0.502 e. The third-order valence-corrected chi connectivity index (χ3v) is 3.33. The molecule has 0 radical (unpaired) electrons. The molecule has 0 amide bonds. The SMILES string of the molecule is CC/C(C)=C/CCOC(=O)/C=C/c1cc(OC)c(O)c(OC)c1. The molecule has 1 aromatic carbocycles. The lowest BCUT2D eigenvalue weighted by Crippen LogP contribution is -2.01. The minimum atomic E-state index is -0.418. The van der Waals surface area contributed by atoms with Gasteiger partial charge in [-0.25, -0.2) is 4.79 Å². The summed E-state index contributed by atoms with van der Waals surface area (Å²) in [6.45, 7) is 4.48. The Bertz CT molecular complexity index is 562. The maximum atomic E-state index is 11.7. The molecule has 5 nitrogen and oxygen atoms in total. The Kier molecular flexibility index (Phi) is 7.74. The summed E-state index contributed by atoms with van der Waals surface area (Å²) in [5.74, 6) is 0.0569. The van der Waals surface area contributed by atoms with Crippen molar-refractivity contribution in [2.45, 2.75) is 26.7 Å². The highest BCUT2D eigenvalue weighted by Gasteiger charge is 2.10. The number of carbonyl (C=O) groups is 1. The Morgan fingerprint density at radius 1 is 1.22 bits per heavy atom. The molecular weight excluding hydrogens is 296 g/mol. The fourth-order valence-electron chi connectivity index (χ4n) is 1.83. The molecule has 0 aromatic heterocycles. The van der Waals surface area contributed by atoms with Gasteiger partial charge in [-0.2, -0.15) is 0 Å². The molecule has 23 heavy (non-hydrogen) atoms. The molecule has 126 valence electrons. The molecule has 1 aromatic rings. The van der Waals surface area contributed by atoms with Crippen molar-refractivity contribution in [2.24, 2.45) is 0 Å². The molecule has 0 spiro atoms. The van der Waals surface area contributed by atoms with Gasteiger partial charge in [-0.1, -0.05) is 18.6 Å². The summed E-state index contributed by atoms with van der Waals surface area (Å²) >= 11 is 0. The fourth-order valence-corrected chi connectivity index (χ4v) is 1.83. The average Bonchev–Trinajstić information content (AvgIpc) is 2.57. The van der Waals surface area contributed by atoms with Crippen LogP contribution in [-0.4, -0.2) is 31.9 Å². The van der Waals surface area contributed by atoms with Crippen molar-refractivity contribution in [3.63, 3.8) is 0 Å². The Hall–Kier alpha value is -2.43. The number of carbonyl (C=O) groups excluding carboxylic acids is 1. The van der Waals surface area contributed by atoms with E-state index < -0.39 is 5.97 Å². The van der Waals surface area contributed by atoms with Crippen LogP contribution in [0.25, 0.3) is 6.08 Å². The lowest BCUT2D eigenvalue weighted by atomic mass is 10.1. The van der Waals surface area contributed by atoms with Crippen LogP contribution in [0.4, 0.5) is 0 Å². The van der Waals surface area contributed by atoms with Gasteiger partial charge in [0.15, 0.2) is 11.5 Å². The summed E-state index contributed by atoms with van der Waals surface area (Å²) in [7, 11) is 2.89. The molecule has 0 aliphatic rings. The van der Waals surface area contributed by atoms with Crippen molar-refractivity contribution in [1.82, 2.24) is 0 Å². The minimum absolute atomic E-state index is 0.0761. The summed E-state index contributed by atoms with van der Waals surface area (Å²) in [6.07, 6.45) is 6.69. The van der Waals surface area contributed by atoms with E-state index >= 15 is 0 Å². The Balaban J connectivity index is 2.64. The van der Waals surface area contributed by atoms with Crippen LogP contribution in [0.1, 0.15) is 32.3 Å². The fraction of sp³-hybridized carbons (Fsp3) is 0.389. The largest absolute Gasteiger partial charge is 0.502 e. The standard InChI is InChI=1S/C18H24O5/c1-5-13(2)7-6-10-23-17(19)9-8-14-11-15(21-3)18(20)16(12-14)22-4/h7-9,11-12,20H,5-6,10H2,1-4H3/b9-8+,13-7+. The molecule has 5 heteroatoms. The summed E-state index contributed by atoms with van der Waals surface area (Å²) in [5, 5.41) is 9.83. The van der Waals surface area contributed by atoms with Crippen molar-refractivity contribution in [2.75, 3.05) is 20.8 Å². The Morgan fingerprint density at radius 2 is 1.83 bits per heavy atom. The lowest BCUT2D eigenvalue weighted by molar-refractivity contribution is -0.137. The van der Waals surface area contributed by atoms with E-state index in [1.165, 1.54) is 25.9 Å². The number of aromatic hydroxyl groups is 1. The summed E-state index contributed by atoms with van der Waals surface area (Å²) in [5.41, 5.74) is 1.94. The molecule has 1 rings (SSSR count). The van der Waals surface area contributed by atoms with E-state index in [9.17, 15) is 9.90 Å². The number of methoxy groups -OCH3 is 2. The van der Waals surface area contributed by atoms with Crippen LogP contribution >= 0.6 is 0 Å². The molecular formula is C18H24O5. The summed E-state index contributed by atoms with van der Waals surface area (Å²) in [6, 6.07) is 3.21. The van der Waals surface area contributed by atoms with Crippen molar-refractivity contribution < 1.29 is 24.1 Å². The third kappa shape index (κ3) is 6.06. The normalized spacial score (nSPS) is 11.6. The zero-order valence-corrected chi connectivity index (χ0v) is 14.1. The number of esters is 1. The molecule has 0 aliphatic carbocycles. The summed E-state index contributed by atoms with van der Waals surface area (Å²) in [4.78, 5) is 11.7. The maximum absolute atomic E-state index is 11.7. The first-order chi connectivity index (χ1) is 11.0. The van der Waals surface area contributed by atoms with Gasteiger partial charge < -0.3 is 19.3 Å². The van der Waals surface area contributed by atoms with Crippen LogP contribution < -0.4 is 9.47 Å². The quantitative estimate of drug-likeness (QED) is 0.342. The van der Waals surface area contributed by atoms with E-state index in [4.69, 9.17) is 14.2 Å². The van der Waals surface area contributed by atoms with Crippen molar-refractivity contribution >= 4 is 12.0 Å². The van der Waals surface area contributed by atoms with Crippen LogP contribution in [-0.2, 0) is 9.53 Å². The van der Waals surface area contributed by atoms with Gasteiger partial charge in [-0.05, 0) is 43.5 Å². The number of rotatable bonds is 8. The molecule has 1 N–H and O–H groups in total. The number of ether oxygens (including phenoxy) is 3. The second kappa shape index (κ2) is 9.56. The zero-order chi connectivity index (χ0) is 17.2. The first-order valence-corrected chi connectivity index (χ1v) is 7.47. The van der Waals surface area contributed by atoms with E-state index in [0.29, 0.717) is 18.6 Å². The highest BCUT2D eigenvalue weighted by molar-refractivity contribution is 5.87. The smallest absolute Gasteiger partial charge is 0.330 e. The van der Waals surface area contributed by atoms with Gasteiger partial charge in [0.1, 0.15) is 0 Å². The monoisotopic (exact) mass is 320 g/mol. The Morgan fingerprint density at radius 3 is 2.35 bits per heavy atom.